The van der Waals surface area contributed by atoms with Gasteiger partial charge in [-0.25, -0.2) is 0 Å². The van der Waals surface area contributed by atoms with Crippen molar-refractivity contribution in [3.8, 4) is 0 Å². The maximum atomic E-state index is 10.6. The Morgan fingerprint density at radius 1 is 0.867 bits per heavy atom. The lowest BCUT2D eigenvalue weighted by atomic mass is 10.0. The van der Waals surface area contributed by atoms with E-state index < -0.39 is 31.7 Å². The van der Waals surface area contributed by atoms with Gasteiger partial charge in [-0.1, -0.05) is 6.42 Å². The monoisotopic (exact) mass is 258 g/mol. The average Bonchev–Trinajstić information content (AvgIpc) is 2.29. The highest BCUT2D eigenvalue weighted by atomic mass is 32.2. The fraction of sp³-hybridized carbons (Fsp3) is 1.00. The molecule has 0 aromatic heterocycles. The summed E-state index contributed by atoms with van der Waals surface area (Å²) in [6.45, 7) is 0. The van der Waals surface area contributed by atoms with E-state index in [1.54, 1.807) is 0 Å². The molecule has 0 aliphatic heterocycles. The smallest absolute Gasteiger partial charge is 0.265 e. The number of hydrogen-bond acceptors (Lipinski definition) is 4. The van der Waals surface area contributed by atoms with Gasteiger partial charge >= 0.3 is 0 Å². The molecular formula is C7H14O6S2. The van der Waals surface area contributed by atoms with Gasteiger partial charge in [0, 0.05) is 0 Å². The van der Waals surface area contributed by atoms with E-state index in [1.807, 2.05) is 0 Å². The van der Waals surface area contributed by atoms with Crippen LogP contribution in [0.25, 0.3) is 0 Å². The molecular weight excluding hydrogens is 244 g/mol. The molecule has 15 heavy (non-hydrogen) atoms. The van der Waals surface area contributed by atoms with Crippen LogP contribution in [0.3, 0.4) is 0 Å². The van der Waals surface area contributed by atoms with Crippen molar-refractivity contribution in [2.24, 2.45) is 11.8 Å². The van der Waals surface area contributed by atoms with Crippen molar-refractivity contribution in [2.45, 2.75) is 19.3 Å². The van der Waals surface area contributed by atoms with Crippen molar-refractivity contribution in [1.82, 2.24) is 0 Å². The van der Waals surface area contributed by atoms with Crippen molar-refractivity contribution < 1.29 is 25.9 Å². The molecule has 0 unspecified atom stereocenters. The maximum absolute atomic E-state index is 10.6. The van der Waals surface area contributed by atoms with Gasteiger partial charge in [0.05, 0.1) is 11.5 Å². The minimum Gasteiger partial charge on any atom is -0.286 e. The summed E-state index contributed by atoms with van der Waals surface area (Å²) in [4.78, 5) is 0. The fourth-order valence-corrected chi connectivity index (χ4v) is 4.05. The van der Waals surface area contributed by atoms with Crippen molar-refractivity contribution in [2.75, 3.05) is 11.5 Å². The van der Waals surface area contributed by atoms with Gasteiger partial charge in [0.15, 0.2) is 0 Å². The molecule has 0 heterocycles. The molecule has 0 saturated heterocycles. The molecule has 0 bridgehead atoms. The Hall–Kier alpha value is -0.180. The molecule has 2 N–H and O–H groups in total. The number of rotatable bonds is 4. The first-order valence-corrected chi connectivity index (χ1v) is 7.79. The zero-order valence-corrected chi connectivity index (χ0v) is 9.67. The van der Waals surface area contributed by atoms with Crippen LogP contribution in [0.4, 0.5) is 0 Å². The summed E-state index contributed by atoms with van der Waals surface area (Å²) in [7, 11) is -8.15. The first-order chi connectivity index (χ1) is 6.67. The molecule has 2 atom stereocenters. The van der Waals surface area contributed by atoms with Crippen molar-refractivity contribution >= 4 is 20.2 Å². The van der Waals surface area contributed by atoms with Gasteiger partial charge in [-0.05, 0) is 24.7 Å². The van der Waals surface area contributed by atoms with Gasteiger partial charge in [-0.2, -0.15) is 16.8 Å². The third-order valence-electron chi connectivity index (χ3n) is 2.67. The third-order valence-corrected chi connectivity index (χ3v) is 4.36. The Balaban J connectivity index is 2.66. The molecule has 0 amide bonds. The van der Waals surface area contributed by atoms with Crippen LogP contribution in [0, 0.1) is 11.8 Å². The summed E-state index contributed by atoms with van der Waals surface area (Å²) < 4.78 is 59.9. The zero-order valence-electron chi connectivity index (χ0n) is 8.03. The van der Waals surface area contributed by atoms with Gasteiger partial charge < -0.3 is 0 Å². The van der Waals surface area contributed by atoms with Crippen molar-refractivity contribution in [3.63, 3.8) is 0 Å². The van der Waals surface area contributed by atoms with E-state index in [9.17, 15) is 16.8 Å². The molecule has 0 radical (unpaired) electrons. The summed E-state index contributed by atoms with van der Waals surface area (Å²) in [6, 6.07) is 0. The standard InChI is InChI=1S/C7H14O6S2/c8-14(9,10)4-6-2-1-3-7(6)5-15(11,12)13/h6-7H,1-5H2,(H,8,9,10)(H,11,12,13)/t6-,7+. The van der Waals surface area contributed by atoms with Crippen LogP contribution < -0.4 is 0 Å². The second-order valence-electron chi connectivity index (χ2n) is 3.95. The van der Waals surface area contributed by atoms with Crippen LogP contribution in [0.1, 0.15) is 19.3 Å². The summed E-state index contributed by atoms with van der Waals surface area (Å²) in [5, 5.41) is 0. The van der Waals surface area contributed by atoms with E-state index in [0.29, 0.717) is 12.8 Å². The normalized spacial score (nSPS) is 28.1. The highest BCUT2D eigenvalue weighted by molar-refractivity contribution is 7.86. The fourth-order valence-electron chi connectivity index (χ4n) is 2.09. The van der Waals surface area contributed by atoms with E-state index >= 15 is 0 Å². The van der Waals surface area contributed by atoms with E-state index in [1.165, 1.54) is 0 Å². The molecule has 0 spiro atoms. The summed E-state index contributed by atoms with van der Waals surface area (Å²) in [6.07, 6.45) is 1.86. The molecule has 1 saturated carbocycles. The minimum atomic E-state index is -4.07. The predicted octanol–water partition coefficient (Wildman–Crippen LogP) is 0.178. The lowest BCUT2D eigenvalue weighted by Crippen LogP contribution is -2.24. The topological polar surface area (TPSA) is 109 Å². The largest absolute Gasteiger partial charge is 0.286 e. The van der Waals surface area contributed by atoms with Crippen LogP contribution >= 0.6 is 0 Å². The third kappa shape index (κ3) is 4.92. The van der Waals surface area contributed by atoms with Gasteiger partial charge in [-0.3, -0.25) is 9.11 Å². The average molecular weight is 258 g/mol. The summed E-state index contributed by atoms with van der Waals surface area (Å²) in [5.74, 6) is -1.59. The first kappa shape index (κ1) is 12.9. The molecule has 1 aliphatic rings. The molecule has 1 fully saturated rings. The second-order valence-corrected chi connectivity index (χ2v) is 6.94. The first-order valence-electron chi connectivity index (χ1n) is 4.58. The van der Waals surface area contributed by atoms with E-state index in [4.69, 9.17) is 9.11 Å². The van der Waals surface area contributed by atoms with Gasteiger partial charge in [0.1, 0.15) is 0 Å². The van der Waals surface area contributed by atoms with Crippen LogP contribution in [0.5, 0.6) is 0 Å². The number of hydrogen-bond donors (Lipinski definition) is 2. The lowest BCUT2D eigenvalue weighted by Gasteiger charge is -2.16. The molecule has 0 aromatic rings. The molecule has 8 heteroatoms. The summed E-state index contributed by atoms with van der Waals surface area (Å²) >= 11 is 0. The summed E-state index contributed by atoms with van der Waals surface area (Å²) in [5.41, 5.74) is 0. The Labute approximate surface area is 89.2 Å². The van der Waals surface area contributed by atoms with E-state index in [-0.39, 0.29) is 11.8 Å². The van der Waals surface area contributed by atoms with Crippen molar-refractivity contribution in [1.29, 1.82) is 0 Å². The molecule has 6 nitrogen and oxygen atoms in total. The quantitative estimate of drug-likeness (QED) is 0.696. The molecule has 90 valence electrons. The Bertz CT molecular complexity index is 369. The van der Waals surface area contributed by atoms with Crippen LogP contribution in [0.2, 0.25) is 0 Å². The van der Waals surface area contributed by atoms with Crippen LogP contribution in [-0.2, 0) is 20.2 Å². The van der Waals surface area contributed by atoms with Gasteiger partial charge in [0.25, 0.3) is 20.2 Å². The highest BCUT2D eigenvalue weighted by Crippen LogP contribution is 2.33. The SMILES string of the molecule is O=S(=O)(O)C[C@H]1CCC[C@H]1CS(=O)(=O)O. The van der Waals surface area contributed by atoms with Crippen LogP contribution in [0.15, 0.2) is 0 Å². The van der Waals surface area contributed by atoms with E-state index in [0.717, 1.165) is 6.42 Å². The second kappa shape index (κ2) is 4.36. The van der Waals surface area contributed by atoms with Gasteiger partial charge in [0.2, 0.25) is 0 Å². The molecule has 0 aromatic carbocycles. The van der Waals surface area contributed by atoms with Crippen LogP contribution in [-0.4, -0.2) is 37.4 Å². The minimum absolute atomic E-state index is 0.373. The highest BCUT2D eigenvalue weighted by Gasteiger charge is 2.33. The van der Waals surface area contributed by atoms with E-state index in [2.05, 4.69) is 0 Å². The van der Waals surface area contributed by atoms with Gasteiger partial charge in [-0.15, -0.1) is 0 Å². The Kier molecular flexibility index (Phi) is 3.75. The van der Waals surface area contributed by atoms with Crippen molar-refractivity contribution in [3.05, 3.63) is 0 Å². The molecule has 1 aliphatic carbocycles. The zero-order chi connectivity index (χ0) is 11.7. The predicted molar refractivity (Wildman–Crippen MR) is 53.7 cm³/mol. The Morgan fingerprint density at radius 2 is 1.20 bits per heavy atom. The molecule has 1 rings (SSSR count). The maximum Gasteiger partial charge on any atom is 0.265 e. The lowest BCUT2D eigenvalue weighted by molar-refractivity contribution is 0.406. The Morgan fingerprint density at radius 3 is 1.47 bits per heavy atom.